The van der Waals surface area contributed by atoms with Crippen molar-refractivity contribution in [1.82, 2.24) is 24.6 Å². The largest absolute Gasteiger partial charge is 0.364 e. The maximum Gasteiger partial charge on any atom is 0.0965 e. The summed E-state index contributed by atoms with van der Waals surface area (Å²) in [5.41, 5.74) is 18.4. The Morgan fingerprint density at radius 2 is 1.64 bits per heavy atom. The van der Waals surface area contributed by atoms with Gasteiger partial charge >= 0.3 is 0 Å². The second-order valence-corrected chi connectivity index (χ2v) is 27.5. The Kier molecular flexibility index (Phi) is 13.9. The van der Waals surface area contributed by atoms with E-state index in [4.69, 9.17) is 0 Å². The molecule has 76 heavy (non-hydrogen) atoms. The van der Waals surface area contributed by atoms with Crippen LogP contribution in [0.4, 0.5) is 0 Å². The molecular formula is C70H92N6. The van der Waals surface area contributed by atoms with Gasteiger partial charge in [0, 0.05) is 87.5 Å². The van der Waals surface area contributed by atoms with Crippen molar-refractivity contribution in [3.8, 4) is 6.07 Å². The van der Waals surface area contributed by atoms with Crippen molar-refractivity contribution in [2.24, 2.45) is 39.9 Å². The minimum Gasteiger partial charge on any atom is -0.364 e. The maximum absolute atomic E-state index is 11.9. The lowest BCUT2D eigenvalue weighted by Crippen LogP contribution is -2.76. The van der Waals surface area contributed by atoms with Crippen molar-refractivity contribution in [1.29, 1.82) is 5.26 Å². The first kappa shape index (κ1) is 51.7. The standard InChI is InChI=1S/C70H92N6/c1-10-12-24-40-70(9,39-13-11-2)67-72-66(74(67)50-27-18-15-19-28-50)56-41-46(45-71)62(44-63(56)75-59-36-33-47(68(3,4)5)42-54(59)55-43-48(69(6,7)8)34-37-60(55)75)76-58-32-23-21-30-53(58)64-61(76)38-35-52-51-29-20-22-31-57(51)73(65(52)64)49-25-16-14-17-26-49/h10,12-16,18,20,24,27,29,33,36,39,43,47,49,52-53,56,58,63,65-67,72H,1,11,17,19,21-23,25-26,28,30-32,34-35,37-38,40-42,44H2,2-9H3/b24-12-,39-13-. The molecule has 11 aliphatic rings. The SMILES string of the molecule is C=C/C=C\CC(C)(/C=C\CC)C1NC(C2CC(C#N)=C(N3C4=C(C5CCCCC53)C3C(CC4)C4=C(CCC=C4)N3C3CC=CCC3)CC2n2c3c(c4c2CCC(C(C)(C)C)=C4)CC(C(C)(C)C)C=C3)N1C1=CC=CCC1. The molecule has 8 aliphatic carbocycles. The fraction of sp³-hybridized carbons (Fsp3) is 0.586. The molecule has 402 valence electrons. The van der Waals surface area contributed by atoms with Crippen LogP contribution in [0.25, 0.3) is 12.2 Å². The Labute approximate surface area is 459 Å². The van der Waals surface area contributed by atoms with E-state index in [-0.39, 0.29) is 40.5 Å². The molecule has 6 heteroatoms. The zero-order chi connectivity index (χ0) is 52.7. The van der Waals surface area contributed by atoms with Gasteiger partial charge in [0.15, 0.2) is 0 Å². The molecule has 11 unspecified atom stereocenters. The summed E-state index contributed by atoms with van der Waals surface area (Å²) in [6.45, 7) is 23.4. The van der Waals surface area contributed by atoms with E-state index in [1.165, 1.54) is 80.4 Å². The Bertz CT molecular complexity index is 2870. The van der Waals surface area contributed by atoms with Crippen LogP contribution in [0.15, 0.2) is 131 Å². The molecule has 0 radical (unpaired) electrons. The summed E-state index contributed by atoms with van der Waals surface area (Å²) in [7, 11) is 0. The van der Waals surface area contributed by atoms with Gasteiger partial charge in [0.2, 0.25) is 0 Å². The van der Waals surface area contributed by atoms with Gasteiger partial charge in [0.25, 0.3) is 0 Å². The van der Waals surface area contributed by atoms with Crippen LogP contribution in [0.1, 0.15) is 200 Å². The van der Waals surface area contributed by atoms with Gasteiger partial charge in [-0.3, -0.25) is 5.32 Å². The monoisotopic (exact) mass is 1020 g/mol. The molecule has 12 rings (SSSR count). The van der Waals surface area contributed by atoms with Crippen molar-refractivity contribution >= 4 is 12.2 Å². The first-order valence-electron chi connectivity index (χ1n) is 30.7. The molecule has 0 spiro atoms. The summed E-state index contributed by atoms with van der Waals surface area (Å²) in [6, 6.07) is 4.71. The van der Waals surface area contributed by atoms with E-state index in [2.05, 4.69) is 178 Å². The van der Waals surface area contributed by atoms with Crippen LogP contribution in [0.2, 0.25) is 0 Å². The van der Waals surface area contributed by atoms with Crippen LogP contribution < -0.4 is 5.32 Å². The number of nitriles is 1. The highest BCUT2D eigenvalue weighted by Gasteiger charge is 2.58. The Morgan fingerprint density at radius 3 is 2.39 bits per heavy atom. The number of aromatic nitrogens is 1. The van der Waals surface area contributed by atoms with Crippen LogP contribution >= 0.6 is 0 Å². The fourth-order valence-electron chi connectivity index (χ4n) is 17.1. The third-order valence-electron chi connectivity index (χ3n) is 21.0. The third kappa shape index (κ3) is 8.75. The quantitative estimate of drug-likeness (QED) is 0.177. The lowest BCUT2D eigenvalue weighted by atomic mass is 9.72. The first-order chi connectivity index (χ1) is 36.7. The lowest BCUT2D eigenvalue weighted by Gasteiger charge is -2.62. The predicted molar refractivity (Wildman–Crippen MR) is 316 cm³/mol. The van der Waals surface area contributed by atoms with Crippen LogP contribution in [0.3, 0.4) is 0 Å². The number of hydrogen-bond acceptors (Lipinski definition) is 5. The normalized spacial score (nSPS) is 32.9. The van der Waals surface area contributed by atoms with Crippen LogP contribution in [-0.4, -0.2) is 49.7 Å². The molecule has 3 aliphatic heterocycles. The van der Waals surface area contributed by atoms with Crippen LogP contribution in [0.5, 0.6) is 0 Å². The molecule has 1 saturated carbocycles. The van der Waals surface area contributed by atoms with E-state index in [0.29, 0.717) is 35.9 Å². The minimum absolute atomic E-state index is 0.0801. The summed E-state index contributed by atoms with van der Waals surface area (Å²) in [6.07, 6.45) is 58.6. The van der Waals surface area contributed by atoms with E-state index in [1.54, 1.807) is 39.4 Å². The first-order valence-corrected chi connectivity index (χ1v) is 30.7. The number of allylic oxidation sites excluding steroid dienone is 17. The average molecular weight is 1020 g/mol. The number of nitrogens with zero attached hydrogens (tertiary/aromatic N) is 5. The molecule has 1 aromatic heterocycles. The Morgan fingerprint density at radius 1 is 0.803 bits per heavy atom. The summed E-state index contributed by atoms with van der Waals surface area (Å²) in [5.74, 6) is 1.78. The Balaban J connectivity index is 1.03. The van der Waals surface area contributed by atoms with E-state index >= 15 is 0 Å². The molecule has 6 nitrogen and oxygen atoms in total. The summed E-state index contributed by atoms with van der Waals surface area (Å²) >= 11 is 0. The zero-order valence-electron chi connectivity index (χ0n) is 48.0. The van der Waals surface area contributed by atoms with Crippen molar-refractivity contribution < 1.29 is 0 Å². The summed E-state index contributed by atoms with van der Waals surface area (Å²) < 4.78 is 2.94. The molecule has 4 heterocycles. The highest BCUT2D eigenvalue weighted by molar-refractivity contribution is 5.71. The zero-order valence-corrected chi connectivity index (χ0v) is 48.0. The van der Waals surface area contributed by atoms with Crippen molar-refractivity contribution in [2.45, 2.75) is 220 Å². The molecule has 11 atom stereocenters. The van der Waals surface area contributed by atoms with Gasteiger partial charge < -0.3 is 19.3 Å². The third-order valence-corrected chi connectivity index (χ3v) is 21.0. The second kappa shape index (κ2) is 20.3. The van der Waals surface area contributed by atoms with Gasteiger partial charge in [0.1, 0.15) is 0 Å². The molecule has 1 aromatic rings. The van der Waals surface area contributed by atoms with Gasteiger partial charge in [-0.05, 0) is 160 Å². The topological polar surface area (TPSA) is 50.5 Å². The van der Waals surface area contributed by atoms with Crippen LogP contribution in [-0.2, 0) is 12.8 Å². The molecule has 0 bridgehead atoms. The maximum atomic E-state index is 11.9. The number of fused-ring (bicyclic) bond motifs is 8. The summed E-state index contributed by atoms with van der Waals surface area (Å²) in [5, 5.41) is 16.4. The molecular weight excluding hydrogens is 925 g/mol. The van der Waals surface area contributed by atoms with Gasteiger partial charge in [-0.25, -0.2) is 0 Å². The smallest absolute Gasteiger partial charge is 0.0965 e. The van der Waals surface area contributed by atoms with E-state index in [1.807, 2.05) is 6.08 Å². The van der Waals surface area contributed by atoms with E-state index in [0.717, 1.165) is 76.2 Å². The Hall–Kier alpha value is -4.99. The lowest BCUT2D eigenvalue weighted by molar-refractivity contribution is -0.0925. The minimum atomic E-state index is -0.152. The number of rotatable bonds is 11. The molecule has 0 amide bonds. The number of hydrogen-bond donors (Lipinski definition) is 1. The molecule has 1 saturated heterocycles. The molecule has 2 fully saturated rings. The highest BCUT2D eigenvalue weighted by Crippen LogP contribution is 2.60. The highest BCUT2D eigenvalue weighted by atomic mass is 15.5. The van der Waals surface area contributed by atoms with Crippen molar-refractivity contribution in [2.75, 3.05) is 0 Å². The molecule has 0 aromatic carbocycles. The van der Waals surface area contributed by atoms with E-state index < -0.39 is 0 Å². The van der Waals surface area contributed by atoms with Crippen LogP contribution in [0, 0.1) is 51.2 Å². The number of nitrogens with one attached hydrogen (secondary N) is 1. The fourth-order valence-corrected chi connectivity index (χ4v) is 17.1. The molecule has 1 N–H and O–H groups in total. The van der Waals surface area contributed by atoms with Gasteiger partial charge in [-0.15, -0.1) is 0 Å². The second-order valence-electron chi connectivity index (χ2n) is 27.5. The van der Waals surface area contributed by atoms with E-state index in [9.17, 15) is 5.26 Å². The predicted octanol–water partition coefficient (Wildman–Crippen LogP) is 16.7. The average Bonchev–Trinajstić information content (AvgIpc) is 4.21. The van der Waals surface area contributed by atoms with Gasteiger partial charge in [0.05, 0.1) is 24.4 Å². The van der Waals surface area contributed by atoms with Gasteiger partial charge in [-0.2, -0.15) is 5.26 Å². The van der Waals surface area contributed by atoms with Crippen molar-refractivity contribution in [3.63, 3.8) is 0 Å². The summed E-state index contributed by atoms with van der Waals surface area (Å²) in [4.78, 5) is 8.84. The van der Waals surface area contributed by atoms with Crippen molar-refractivity contribution in [3.05, 3.63) is 153 Å². The van der Waals surface area contributed by atoms with Gasteiger partial charge in [-0.1, -0.05) is 159 Å².